The number of benzene rings is 2. The highest BCUT2D eigenvalue weighted by atomic mass is 19.1. The minimum absolute atomic E-state index is 0.0167. The van der Waals surface area contributed by atoms with Gasteiger partial charge in [0, 0.05) is 49.3 Å². The molecule has 0 radical (unpaired) electrons. The van der Waals surface area contributed by atoms with Crippen LogP contribution in [-0.4, -0.2) is 28.0 Å². The van der Waals surface area contributed by atoms with Gasteiger partial charge in [0.15, 0.2) is 11.5 Å². The topological polar surface area (TPSA) is 97.6 Å². The number of nitrogens with one attached hydrogen (secondary N) is 1. The monoisotopic (exact) mass is 568 g/mol. The SMILES string of the molecule is C=C[C@H](CO)Cn1cc(C(=O)NCc2c(F)cc(F)cc2F)c(=O)c(OCc2ccccc2)c1C(=O)C[C@@H](C)C=C. The van der Waals surface area contributed by atoms with Crippen molar-refractivity contribution in [3.8, 4) is 5.75 Å². The van der Waals surface area contributed by atoms with Crippen LogP contribution in [0.3, 0.4) is 0 Å². The van der Waals surface area contributed by atoms with E-state index in [4.69, 9.17) is 4.74 Å². The zero-order chi connectivity index (χ0) is 30.1. The third-order valence-corrected chi connectivity index (χ3v) is 6.41. The molecule has 216 valence electrons. The number of ether oxygens (including phenoxy) is 1. The molecule has 2 aromatic carbocycles. The number of allylic oxidation sites excluding steroid dienone is 1. The number of amides is 1. The molecule has 41 heavy (non-hydrogen) atoms. The number of hydrogen-bond acceptors (Lipinski definition) is 5. The van der Waals surface area contributed by atoms with Crippen molar-refractivity contribution in [3.63, 3.8) is 0 Å². The molecule has 0 aliphatic carbocycles. The summed E-state index contributed by atoms with van der Waals surface area (Å²) < 4.78 is 48.8. The minimum atomic E-state index is -1.21. The number of nitrogens with zero attached hydrogens (tertiary/aromatic N) is 1. The summed E-state index contributed by atoms with van der Waals surface area (Å²) in [4.78, 5) is 40.3. The largest absolute Gasteiger partial charge is 0.483 e. The fraction of sp³-hybridized carbons (Fsp3) is 0.258. The van der Waals surface area contributed by atoms with Crippen molar-refractivity contribution >= 4 is 11.7 Å². The van der Waals surface area contributed by atoms with E-state index in [9.17, 15) is 32.7 Å². The second kappa shape index (κ2) is 14.3. The zero-order valence-corrected chi connectivity index (χ0v) is 22.5. The normalized spacial score (nSPS) is 12.3. The molecule has 7 nitrogen and oxygen atoms in total. The molecule has 1 aromatic heterocycles. The van der Waals surface area contributed by atoms with Gasteiger partial charge in [0.2, 0.25) is 5.43 Å². The van der Waals surface area contributed by atoms with Crippen LogP contribution >= 0.6 is 0 Å². The number of rotatable bonds is 14. The van der Waals surface area contributed by atoms with E-state index in [1.54, 1.807) is 43.3 Å². The fourth-order valence-corrected chi connectivity index (χ4v) is 4.03. The first kappa shape index (κ1) is 31.1. The average Bonchev–Trinajstić information content (AvgIpc) is 2.95. The molecule has 3 rings (SSSR count). The van der Waals surface area contributed by atoms with Gasteiger partial charge in [-0.2, -0.15) is 0 Å². The number of carbonyl (C=O) groups is 2. The first-order valence-corrected chi connectivity index (χ1v) is 12.8. The van der Waals surface area contributed by atoms with Crippen molar-refractivity contribution in [3.05, 3.63) is 124 Å². The molecule has 0 saturated heterocycles. The van der Waals surface area contributed by atoms with Gasteiger partial charge in [-0.1, -0.05) is 49.4 Å². The summed E-state index contributed by atoms with van der Waals surface area (Å²) in [7, 11) is 0. The smallest absolute Gasteiger partial charge is 0.257 e. The highest BCUT2D eigenvalue weighted by Gasteiger charge is 2.27. The lowest BCUT2D eigenvalue weighted by Gasteiger charge is -2.21. The van der Waals surface area contributed by atoms with Crippen LogP contribution in [0.15, 0.2) is 78.8 Å². The molecule has 2 atom stereocenters. The van der Waals surface area contributed by atoms with Crippen LogP contribution in [-0.2, 0) is 19.7 Å². The van der Waals surface area contributed by atoms with E-state index in [1.165, 1.54) is 10.6 Å². The lowest BCUT2D eigenvalue weighted by molar-refractivity contribution is 0.0932. The first-order chi connectivity index (χ1) is 19.6. The summed E-state index contributed by atoms with van der Waals surface area (Å²) >= 11 is 0. The Morgan fingerprint density at radius 2 is 1.76 bits per heavy atom. The van der Waals surface area contributed by atoms with Crippen molar-refractivity contribution in [2.75, 3.05) is 6.61 Å². The molecule has 1 heterocycles. The highest BCUT2D eigenvalue weighted by Crippen LogP contribution is 2.23. The summed E-state index contributed by atoms with van der Waals surface area (Å²) in [6, 6.07) is 9.78. The minimum Gasteiger partial charge on any atom is -0.483 e. The summed E-state index contributed by atoms with van der Waals surface area (Å²) in [5.41, 5.74) is -1.40. The maximum atomic E-state index is 14.1. The second-order valence-corrected chi connectivity index (χ2v) is 9.53. The summed E-state index contributed by atoms with van der Waals surface area (Å²) in [5.74, 6) is -6.18. The molecule has 0 bridgehead atoms. The third kappa shape index (κ3) is 7.82. The van der Waals surface area contributed by atoms with E-state index in [1.807, 2.05) is 0 Å². The number of pyridine rings is 1. The van der Waals surface area contributed by atoms with Gasteiger partial charge in [-0.3, -0.25) is 14.4 Å². The molecule has 0 unspecified atom stereocenters. The molecule has 0 fully saturated rings. The number of hydrogen-bond donors (Lipinski definition) is 2. The quantitative estimate of drug-likeness (QED) is 0.212. The molecule has 3 aromatic rings. The Morgan fingerprint density at radius 1 is 1.10 bits per heavy atom. The molecular formula is C31H31F3N2O5. The maximum Gasteiger partial charge on any atom is 0.257 e. The Bertz CT molecular complexity index is 1460. The molecule has 1 amide bonds. The van der Waals surface area contributed by atoms with E-state index in [2.05, 4.69) is 18.5 Å². The van der Waals surface area contributed by atoms with Gasteiger partial charge < -0.3 is 19.7 Å². The van der Waals surface area contributed by atoms with Crippen LogP contribution < -0.4 is 15.5 Å². The number of aliphatic hydroxyl groups excluding tert-OH is 1. The summed E-state index contributed by atoms with van der Waals surface area (Å²) in [6.07, 6.45) is 4.17. The van der Waals surface area contributed by atoms with Crippen molar-refractivity contribution < 1.29 is 32.6 Å². The van der Waals surface area contributed by atoms with E-state index in [0.29, 0.717) is 17.7 Å². The average molecular weight is 569 g/mol. The van der Waals surface area contributed by atoms with Gasteiger partial charge in [-0.15, -0.1) is 13.2 Å². The Hall–Kier alpha value is -4.44. The fourth-order valence-electron chi connectivity index (χ4n) is 4.03. The number of ketones is 1. The highest BCUT2D eigenvalue weighted by molar-refractivity contribution is 6.00. The van der Waals surface area contributed by atoms with E-state index in [-0.39, 0.29) is 43.5 Å². The number of aliphatic hydroxyl groups is 1. The van der Waals surface area contributed by atoms with Gasteiger partial charge in [0.05, 0.1) is 6.61 Å². The van der Waals surface area contributed by atoms with Gasteiger partial charge in [0.25, 0.3) is 5.91 Å². The lowest BCUT2D eigenvalue weighted by Crippen LogP contribution is -2.33. The Labute approximate surface area is 235 Å². The van der Waals surface area contributed by atoms with Gasteiger partial charge >= 0.3 is 0 Å². The Morgan fingerprint density at radius 3 is 2.34 bits per heavy atom. The maximum absolute atomic E-state index is 14.1. The number of carbonyl (C=O) groups excluding carboxylic acids is 2. The number of halogens is 3. The number of Topliss-reactive ketones (excluding diaryl/α,β-unsaturated/α-hetero) is 1. The predicted molar refractivity (Wildman–Crippen MR) is 148 cm³/mol. The molecular weight excluding hydrogens is 537 g/mol. The predicted octanol–water partition coefficient (Wildman–Crippen LogP) is 4.96. The van der Waals surface area contributed by atoms with Crippen LogP contribution in [0, 0.1) is 29.3 Å². The van der Waals surface area contributed by atoms with Crippen molar-refractivity contribution in [1.29, 1.82) is 0 Å². The van der Waals surface area contributed by atoms with Crippen molar-refractivity contribution in [2.24, 2.45) is 11.8 Å². The van der Waals surface area contributed by atoms with Crippen LogP contribution in [0.25, 0.3) is 0 Å². The standard InChI is InChI=1S/C31H31F3N2O5/c1-4-19(3)11-27(38)28-30(41-18-21-9-7-6-8-10-21)29(39)24(16-36(28)15-20(5-2)17-37)31(40)35-14-23-25(33)12-22(32)13-26(23)34/h4-10,12-13,16,19-20,37H,1-2,11,14-15,17-18H2,3H3,(H,35,40)/t19-,20-/m0/s1. The van der Waals surface area contributed by atoms with Gasteiger partial charge in [-0.05, 0) is 11.5 Å². The molecule has 0 spiro atoms. The molecule has 2 N–H and O–H groups in total. The first-order valence-electron chi connectivity index (χ1n) is 12.8. The van der Waals surface area contributed by atoms with Crippen LogP contribution in [0.1, 0.15) is 45.3 Å². The number of aromatic nitrogens is 1. The van der Waals surface area contributed by atoms with Crippen LogP contribution in [0.4, 0.5) is 13.2 Å². The summed E-state index contributed by atoms with van der Waals surface area (Å²) in [6.45, 7) is 8.00. The van der Waals surface area contributed by atoms with Crippen molar-refractivity contribution in [2.45, 2.75) is 33.0 Å². The van der Waals surface area contributed by atoms with E-state index in [0.717, 1.165) is 6.20 Å². The van der Waals surface area contributed by atoms with Gasteiger partial charge in [0.1, 0.15) is 35.3 Å². The van der Waals surface area contributed by atoms with E-state index >= 15 is 0 Å². The second-order valence-electron chi connectivity index (χ2n) is 9.53. The van der Waals surface area contributed by atoms with E-state index < -0.39 is 58.2 Å². The third-order valence-electron chi connectivity index (χ3n) is 6.41. The van der Waals surface area contributed by atoms with Crippen LogP contribution in [0.5, 0.6) is 5.75 Å². The summed E-state index contributed by atoms with van der Waals surface area (Å²) in [5, 5.41) is 12.1. The Kier molecular flexibility index (Phi) is 10.8. The molecule has 10 heteroatoms. The molecule has 0 aliphatic heterocycles. The molecule has 0 aliphatic rings. The lowest BCUT2D eigenvalue weighted by atomic mass is 10.0. The Balaban J connectivity index is 2.12. The van der Waals surface area contributed by atoms with Crippen molar-refractivity contribution in [1.82, 2.24) is 9.88 Å². The molecule has 0 saturated carbocycles. The van der Waals surface area contributed by atoms with Gasteiger partial charge in [-0.25, -0.2) is 13.2 Å². The zero-order valence-electron chi connectivity index (χ0n) is 22.5. The van der Waals surface area contributed by atoms with Crippen LogP contribution in [0.2, 0.25) is 0 Å².